The van der Waals surface area contributed by atoms with Gasteiger partial charge in [-0.2, -0.15) is 0 Å². The largest absolute Gasteiger partial charge is 0.388 e. The van der Waals surface area contributed by atoms with E-state index in [1.807, 2.05) is 24.3 Å². The molecule has 1 unspecified atom stereocenters. The molecule has 0 aromatic heterocycles. The van der Waals surface area contributed by atoms with Crippen LogP contribution in [0.5, 0.6) is 0 Å². The Balaban J connectivity index is 2.52. The number of fused-ring (bicyclic) bond motifs is 1. The molecule has 11 heavy (non-hydrogen) atoms. The summed E-state index contributed by atoms with van der Waals surface area (Å²) >= 11 is 0. The minimum Gasteiger partial charge on any atom is -0.388 e. The van der Waals surface area contributed by atoms with Gasteiger partial charge >= 0.3 is 0 Å². The van der Waals surface area contributed by atoms with E-state index in [1.54, 1.807) is 0 Å². The summed E-state index contributed by atoms with van der Waals surface area (Å²) in [5, 5.41) is 9.47. The zero-order valence-electron chi connectivity index (χ0n) is 6.20. The Morgan fingerprint density at radius 1 is 1.27 bits per heavy atom. The first kappa shape index (κ1) is 6.83. The molecule has 1 aromatic rings. The molecule has 1 aliphatic rings. The third kappa shape index (κ3) is 0.951. The van der Waals surface area contributed by atoms with Gasteiger partial charge in [0.1, 0.15) is 0 Å². The van der Waals surface area contributed by atoms with Crippen LogP contribution in [-0.4, -0.2) is 5.11 Å². The highest BCUT2D eigenvalue weighted by Crippen LogP contribution is 2.36. The summed E-state index contributed by atoms with van der Waals surface area (Å²) in [4.78, 5) is 0. The van der Waals surface area contributed by atoms with Crippen LogP contribution in [0.15, 0.2) is 24.3 Å². The molecular formula is C9H11NO. The maximum atomic E-state index is 9.47. The number of aliphatic hydroxyl groups is 1. The fourth-order valence-electron chi connectivity index (χ4n) is 1.65. The first-order valence-corrected chi connectivity index (χ1v) is 3.81. The molecule has 1 aromatic carbocycles. The number of aliphatic hydroxyl groups excluding tert-OH is 1. The monoisotopic (exact) mass is 149 g/mol. The smallest absolute Gasteiger partial charge is 0.0811 e. The molecule has 2 heteroatoms. The van der Waals surface area contributed by atoms with Gasteiger partial charge < -0.3 is 10.8 Å². The molecule has 0 radical (unpaired) electrons. The molecule has 0 fully saturated rings. The van der Waals surface area contributed by atoms with Crippen molar-refractivity contribution in [1.82, 2.24) is 0 Å². The van der Waals surface area contributed by atoms with Crippen molar-refractivity contribution in [3.63, 3.8) is 0 Å². The van der Waals surface area contributed by atoms with E-state index >= 15 is 0 Å². The van der Waals surface area contributed by atoms with E-state index in [9.17, 15) is 5.11 Å². The Kier molecular flexibility index (Phi) is 1.44. The molecule has 0 amide bonds. The maximum absolute atomic E-state index is 9.47. The summed E-state index contributed by atoms with van der Waals surface area (Å²) in [5.74, 6) is 0. The lowest BCUT2D eigenvalue weighted by molar-refractivity contribution is 0.173. The molecule has 0 saturated carbocycles. The van der Waals surface area contributed by atoms with Crippen molar-refractivity contribution in [2.45, 2.75) is 18.6 Å². The molecule has 0 spiro atoms. The van der Waals surface area contributed by atoms with Crippen molar-refractivity contribution in [3.05, 3.63) is 35.4 Å². The first-order valence-electron chi connectivity index (χ1n) is 3.81. The Morgan fingerprint density at radius 2 is 1.91 bits per heavy atom. The van der Waals surface area contributed by atoms with Gasteiger partial charge in [-0.05, 0) is 17.5 Å². The van der Waals surface area contributed by atoms with Gasteiger partial charge in [-0.15, -0.1) is 0 Å². The standard InChI is InChI=1S/C9H11NO/c10-8-5-9(11)7-4-2-1-3-6(7)8/h1-4,8-9,11H,5,10H2/t8-,9?/m0/s1. The van der Waals surface area contributed by atoms with Crippen LogP contribution in [0.25, 0.3) is 0 Å². The second-order valence-corrected chi connectivity index (χ2v) is 2.99. The van der Waals surface area contributed by atoms with Crippen LogP contribution in [0.4, 0.5) is 0 Å². The molecule has 1 aliphatic carbocycles. The minimum absolute atomic E-state index is 0.0289. The van der Waals surface area contributed by atoms with E-state index in [1.165, 1.54) is 0 Å². The molecular weight excluding hydrogens is 138 g/mol. The van der Waals surface area contributed by atoms with Gasteiger partial charge in [0.15, 0.2) is 0 Å². The third-order valence-corrected chi connectivity index (χ3v) is 2.23. The average Bonchev–Trinajstić information content (AvgIpc) is 2.30. The average molecular weight is 149 g/mol. The van der Waals surface area contributed by atoms with Gasteiger partial charge in [-0.3, -0.25) is 0 Å². The fraction of sp³-hybridized carbons (Fsp3) is 0.333. The Morgan fingerprint density at radius 3 is 2.55 bits per heavy atom. The van der Waals surface area contributed by atoms with Crippen molar-refractivity contribution in [3.8, 4) is 0 Å². The molecule has 2 atom stereocenters. The van der Waals surface area contributed by atoms with Crippen LogP contribution < -0.4 is 5.73 Å². The summed E-state index contributed by atoms with van der Waals surface area (Å²) in [6.07, 6.45) is 0.320. The topological polar surface area (TPSA) is 46.2 Å². The van der Waals surface area contributed by atoms with E-state index in [0.29, 0.717) is 6.42 Å². The normalized spacial score (nSPS) is 28.5. The zero-order valence-corrected chi connectivity index (χ0v) is 6.20. The molecule has 0 aliphatic heterocycles. The van der Waals surface area contributed by atoms with E-state index in [0.717, 1.165) is 11.1 Å². The second-order valence-electron chi connectivity index (χ2n) is 2.99. The lowest BCUT2D eigenvalue weighted by atomic mass is 10.1. The molecule has 3 N–H and O–H groups in total. The Hall–Kier alpha value is -0.860. The SMILES string of the molecule is N[C@H]1CC(O)c2ccccc21. The Bertz CT molecular complexity index is 245. The molecule has 0 heterocycles. The molecule has 0 saturated heterocycles. The zero-order chi connectivity index (χ0) is 7.84. The van der Waals surface area contributed by atoms with Crippen molar-refractivity contribution in [2.75, 3.05) is 0 Å². The lowest BCUT2D eigenvalue weighted by Gasteiger charge is -2.01. The summed E-state index contributed by atoms with van der Waals surface area (Å²) in [7, 11) is 0. The van der Waals surface area contributed by atoms with Gasteiger partial charge in [0.05, 0.1) is 6.10 Å². The summed E-state index contributed by atoms with van der Waals surface area (Å²) in [6, 6.07) is 7.83. The summed E-state index contributed by atoms with van der Waals surface area (Å²) < 4.78 is 0. The van der Waals surface area contributed by atoms with Gasteiger partial charge in [0.25, 0.3) is 0 Å². The third-order valence-electron chi connectivity index (χ3n) is 2.23. The second kappa shape index (κ2) is 2.32. The summed E-state index contributed by atoms with van der Waals surface area (Å²) in [6.45, 7) is 0. The molecule has 0 bridgehead atoms. The highest BCUT2D eigenvalue weighted by molar-refractivity contribution is 5.35. The summed E-state index contributed by atoms with van der Waals surface area (Å²) in [5.41, 5.74) is 7.87. The Labute approximate surface area is 65.7 Å². The number of hydrogen-bond acceptors (Lipinski definition) is 2. The van der Waals surface area contributed by atoms with Crippen molar-refractivity contribution in [1.29, 1.82) is 0 Å². The molecule has 2 rings (SSSR count). The lowest BCUT2D eigenvalue weighted by Crippen LogP contribution is -2.05. The van der Waals surface area contributed by atoms with E-state index < -0.39 is 0 Å². The van der Waals surface area contributed by atoms with E-state index in [-0.39, 0.29) is 12.1 Å². The van der Waals surface area contributed by atoms with Gasteiger partial charge in [-0.1, -0.05) is 24.3 Å². The maximum Gasteiger partial charge on any atom is 0.0811 e. The minimum atomic E-state index is -0.346. The number of benzene rings is 1. The molecule has 58 valence electrons. The quantitative estimate of drug-likeness (QED) is 0.580. The van der Waals surface area contributed by atoms with Crippen molar-refractivity contribution in [2.24, 2.45) is 5.73 Å². The number of hydrogen-bond donors (Lipinski definition) is 2. The van der Waals surface area contributed by atoms with Gasteiger partial charge in [-0.25, -0.2) is 0 Å². The van der Waals surface area contributed by atoms with Crippen molar-refractivity contribution < 1.29 is 5.11 Å². The van der Waals surface area contributed by atoms with Crippen molar-refractivity contribution >= 4 is 0 Å². The van der Waals surface area contributed by atoms with Crippen LogP contribution in [0.3, 0.4) is 0 Å². The van der Waals surface area contributed by atoms with E-state index in [4.69, 9.17) is 5.73 Å². The predicted octanol–water partition coefficient (Wildman–Crippen LogP) is 1.12. The van der Waals surface area contributed by atoms with Crippen LogP contribution in [-0.2, 0) is 0 Å². The number of nitrogens with two attached hydrogens (primary N) is 1. The number of rotatable bonds is 0. The highest BCUT2D eigenvalue weighted by Gasteiger charge is 2.25. The van der Waals surface area contributed by atoms with Gasteiger partial charge in [0.2, 0.25) is 0 Å². The van der Waals surface area contributed by atoms with Crippen LogP contribution >= 0.6 is 0 Å². The van der Waals surface area contributed by atoms with Crippen LogP contribution in [0.1, 0.15) is 29.7 Å². The van der Waals surface area contributed by atoms with Crippen LogP contribution in [0.2, 0.25) is 0 Å². The fourth-order valence-corrected chi connectivity index (χ4v) is 1.65. The van der Waals surface area contributed by atoms with Crippen LogP contribution in [0, 0.1) is 0 Å². The highest BCUT2D eigenvalue weighted by atomic mass is 16.3. The predicted molar refractivity (Wildman–Crippen MR) is 42.9 cm³/mol. The first-order chi connectivity index (χ1) is 5.29. The van der Waals surface area contributed by atoms with Gasteiger partial charge in [0, 0.05) is 6.04 Å². The molecule has 2 nitrogen and oxygen atoms in total. The van der Waals surface area contributed by atoms with E-state index in [2.05, 4.69) is 0 Å².